The largest absolute Gasteiger partial charge is 0.339 e. The van der Waals surface area contributed by atoms with Crippen LogP contribution in [0.4, 0.5) is 5.69 Å². The molecule has 0 aromatic carbocycles. The zero-order valence-electron chi connectivity index (χ0n) is 13.7. The van der Waals surface area contributed by atoms with Crippen LogP contribution in [0.2, 0.25) is 0 Å². The highest BCUT2D eigenvalue weighted by Gasteiger charge is 2.35. The van der Waals surface area contributed by atoms with Gasteiger partial charge >= 0.3 is 5.69 Å². The minimum atomic E-state index is -0.473. The summed E-state index contributed by atoms with van der Waals surface area (Å²) in [6.45, 7) is 3.76. The van der Waals surface area contributed by atoms with Crippen molar-refractivity contribution in [1.29, 1.82) is 0 Å². The van der Waals surface area contributed by atoms with Crippen molar-refractivity contribution < 1.29 is 9.45 Å². The molecule has 0 bridgehead atoms. The first-order chi connectivity index (χ1) is 10.9. The molecular weight excluding hydrogens is 336 g/mol. The van der Waals surface area contributed by atoms with Crippen molar-refractivity contribution in [3.05, 3.63) is 33.2 Å². The van der Waals surface area contributed by atoms with Crippen LogP contribution in [0, 0.1) is 24.0 Å². The maximum absolute atomic E-state index is 11.0. The number of aromatic nitrogens is 4. The first kappa shape index (κ1) is 18.3. The fraction of sp³-hybridized carbons (Fsp3) is 0.643. The molecule has 1 aliphatic rings. The van der Waals surface area contributed by atoms with Gasteiger partial charge in [-0.15, -0.1) is 12.4 Å². The Morgan fingerprint density at radius 1 is 1.38 bits per heavy atom. The van der Waals surface area contributed by atoms with E-state index in [0.717, 1.165) is 25.7 Å². The van der Waals surface area contributed by atoms with Gasteiger partial charge in [-0.05, 0) is 26.7 Å². The average molecular weight is 357 g/mol. The third-order valence-electron chi connectivity index (χ3n) is 4.47. The molecule has 9 nitrogen and oxygen atoms in total. The lowest BCUT2D eigenvalue weighted by Crippen LogP contribution is -2.34. The summed E-state index contributed by atoms with van der Waals surface area (Å²) in [4.78, 5) is 15.0. The molecule has 0 aliphatic heterocycles. The van der Waals surface area contributed by atoms with Gasteiger partial charge in [-0.25, -0.2) is 0 Å². The van der Waals surface area contributed by atoms with Crippen LogP contribution in [0.15, 0.2) is 4.52 Å². The van der Waals surface area contributed by atoms with Crippen molar-refractivity contribution in [2.45, 2.75) is 58.0 Å². The molecule has 0 unspecified atom stereocenters. The maximum atomic E-state index is 11.0. The van der Waals surface area contributed by atoms with Crippen molar-refractivity contribution in [3.63, 3.8) is 0 Å². The summed E-state index contributed by atoms with van der Waals surface area (Å²) < 4.78 is 6.87. The van der Waals surface area contributed by atoms with E-state index in [-0.39, 0.29) is 18.1 Å². The number of nitro groups is 1. The number of hydrogen-bond acceptors (Lipinski definition) is 7. The van der Waals surface area contributed by atoms with E-state index in [9.17, 15) is 10.1 Å². The van der Waals surface area contributed by atoms with E-state index in [1.54, 1.807) is 18.5 Å². The highest BCUT2D eigenvalue weighted by Crippen LogP contribution is 2.34. The van der Waals surface area contributed by atoms with Gasteiger partial charge in [0.2, 0.25) is 5.89 Å². The normalized spacial score (nSPS) is 16.1. The van der Waals surface area contributed by atoms with E-state index in [1.807, 2.05) is 0 Å². The average Bonchev–Trinajstić information content (AvgIpc) is 3.17. The predicted molar refractivity (Wildman–Crippen MR) is 87.9 cm³/mol. The summed E-state index contributed by atoms with van der Waals surface area (Å²) in [6.07, 6.45) is 4.36. The van der Waals surface area contributed by atoms with Crippen LogP contribution in [-0.4, -0.2) is 24.8 Å². The predicted octanol–water partition coefficient (Wildman–Crippen LogP) is 2.18. The van der Waals surface area contributed by atoms with E-state index in [2.05, 4.69) is 15.2 Å². The van der Waals surface area contributed by atoms with E-state index in [0.29, 0.717) is 36.1 Å². The second-order valence-electron chi connectivity index (χ2n) is 6.12. The highest BCUT2D eigenvalue weighted by atomic mass is 35.5. The third kappa shape index (κ3) is 3.27. The van der Waals surface area contributed by atoms with Gasteiger partial charge in [0.1, 0.15) is 11.4 Å². The van der Waals surface area contributed by atoms with Crippen molar-refractivity contribution in [2.75, 3.05) is 0 Å². The maximum Gasteiger partial charge on any atom is 0.312 e. The summed E-state index contributed by atoms with van der Waals surface area (Å²) in [7, 11) is 0. The molecule has 2 aromatic rings. The number of nitrogens with two attached hydrogens (primary N) is 1. The van der Waals surface area contributed by atoms with Gasteiger partial charge in [0.05, 0.1) is 17.0 Å². The van der Waals surface area contributed by atoms with Gasteiger partial charge in [-0.2, -0.15) is 10.1 Å². The minimum absolute atomic E-state index is 0. The first-order valence-electron chi connectivity index (χ1n) is 7.71. The molecule has 0 radical (unpaired) electrons. The molecule has 10 heteroatoms. The minimum Gasteiger partial charge on any atom is -0.339 e. The zero-order valence-corrected chi connectivity index (χ0v) is 14.5. The van der Waals surface area contributed by atoms with Crippen LogP contribution >= 0.6 is 12.4 Å². The van der Waals surface area contributed by atoms with Crippen LogP contribution in [0.1, 0.15) is 48.8 Å². The lowest BCUT2D eigenvalue weighted by Gasteiger charge is -2.17. The number of halogens is 1. The fourth-order valence-corrected chi connectivity index (χ4v) is 3.16. The Bertz CT molecular complexity index is 735. The Hall–Kier alpha value is -2.00. The Morgan fingerprint density at radius 3 is 2.62 bits per heavy atom. The van der Waals surface area contributed by atoms with Gasteiger partial charge in [0.15, 0.2) is 5.82 Å². The number of aryl methyl sites for hydroxylation is 3. The molecule has 24 heavy (non-hydrogen) atoms. The van der Waals surface area contributed by atoms with Crippen LogP contribution in [0.5, 0.6) is 0 Å². The van der Waals surface area contributed by atoms with Crippen molar-refractivity contribution in [1.82, 2.24) is 19.9 Å². The molecule has 132 valence electrons. The van der Waals surface area contributed by atoms with Gasteiger partial charge in [-0.1, -0.05) is 18.0 Å². The number of hydrogen-bond donors (Lipinski definition) is 1. The van der Waals surface area contributed by atoms with E-state index in [1.165, 1.54) is 0 Å². The third-order valence-corrected chi connectivity index (χ3v) is 4.47. The topological polar surface area (TPSA) is 126 Å². The summed E-state index contributed by atoms with van der Waals surface area (Å²) in [6, 6.07) is 0. The van der Waals surface area contributed by atoms with Crippen LogP contribution in [-0.2, 0) is 18.5 Å². The van der Waals surface area contributed by atoms with Crippen molar-refractivity contribution in [2.24, 2.45) is 5.73 Å². The van der Waals surface area contributed by atoms with Gasteiger partial charge in [0, 0.05) is 6.42 Å². The molecule has 2 heterocycles. The van der Waals surface area contributed by atoms with E-state index in [4.69, 9.17) is 10.3 Å². The zero-order chi connectivity index (χ0) is 16.6. The summed E-state index contributed by atoms with van der Waals surface area (Å²) in [5.41, 5.74) is 6.82. The number of nitrogens with zero attached hydrogens (tertiary/aromatic N) is 5. The standard InChI is InChI=1S/C14H20N6O3.ClH/c1-9-12(20(21)22)10(2)19(17-9)8-5-11-16-13(18-23-11)14(15)6-3-4-7-14;/h3-8,15H2,1-2H3;1H. The molecule has 0 amide bonds. The molecule has 3 rings (SSSR count). The van der Waals surface area contributed by atoms with Crippen LogP contribution in [0.3, 0.4) is 0 Å². The molecule has 1 aliphatic carbocycles. The molecule has 0 atom stereocenters. The summed E-state index contributed by atoms with van der Waals surface area (Å²) in [5.74, 6) is 1.04. The van der Waals surface area contributed by atoms with Crippen molar-refractivity contribution >= 4 is 18.1 Å². The monoisotopic (exact) mass is 356 g/mol. The molecule has 0 saturated heterocycles. The quantitative estimate of drug-likeness (QED) is 0.642. The Balaban J connectivity index is 0.00000208. The molecule has 2 aromatic heterocycles. The molecule has 0 spiro atoms. The van der Waals surface area contributed by atoms with Crippen LogP contribution < -0.4 is 5.73 Å². The van der Waals surface area contributed by atoms with Gasteiger partial charge < -0.3 is 10.3 Å². The second-order valence-corrected chi connectivity index (χ2v) is 6.12. The van der Waals surface area contributed by atoms with Crippen molar-refractivity contribution in [3.8, 4) is 0 Å². The Kier molecular flexibility index (Phi) is 5.24. The first-order valence-corrected chi connectivity index (χ1v) is 7.71. The van der Waals surface area contributed by atoms with E-state index >= 15 is 0 Å². The van der Waals surface area contributed by atoms with Crippen LogP contribution in [0.25, 0.3) is 0 Å². The molecule has 1 saturated carbocycles. The number of rotatable bonds is 5. The Labute approximate surface area is 145 Å². The Morgan fingerprint density at radius 2 is 2.04 bits per heavy atom. The van der Waals surface area contributed by atoms with Gasteiger partial charge in [0.25, 0.3) is 0 Å². The summed E-state index contributed by atoms with van der Waals surface area (Å²) in [5, 5.41) is 19.2. The highest BCUT2D eigenvalue weighted by molar-refractivity contribution is 5.85. The smallest absolute Gasteiger partial charge is 0.312 e. The SMILES string of the molecule is Cc1nn(CCc2nc(C3(N)CCCC3)no2)c(C)c1[N+](=O)[O-].Cl. The lowest BCUT2D eigenvalue weighted by molar-refractivity contribution is -0.386. The fourth-order valence-electron chi connectivity index (χ4n) is 3.16. The molecule has 2 N–H and O–H groups in total. The molecular formula is C14H21ClN6O3. The van der Waals surface area contributed by atoms with Gasteiger partial charge in [-0.3, -0.25) is 14.8 Å². The second kappa shape index (κ2) is 6.86. The van der Waals surface area contributed by atoms with E-state index < -0.39 is 10.5 Å². The summed E-state index contributed by atoms with van der Waals surface area (Å²) >= 11 is 0. The molecule has 1 fully saturated rings. The lowest BCUT2D eigenvalue weighted by atomic mass is 9.99.